The molecule has 0 atom stereocenters. The van der Waals surface area contributed by atoms with Crippen molar-refractivity contribution in [2.45, 2.75) is 51.9 Å². The largest absolute Gasteiger partial charge is 0.481 e. The van der Waals surface area contributed by atoms with Gasteiger partial charge < -0.3 is 15.4 Å². The second-order valence-corrected chi connectivity index (χ2v) is 7.44. The van der Waals surface area contributed by atoms with E-state index in [9.17, 15) is 9.59 Å². The number of carboxylic acid groups (broad SMARTS) is 1. The van der Waals surface area contributed by atoms with Crippen molar-refractivity contribution in [3.63, 3.8) is 0 Å². The highest BCUT2D eigenvalue weighted by Crippen LogP contribution is 2.37. The quantitative estimate of drug-likeness (QED) is 0.564. The van der Waals surface area contributed by atoms with Gasteiger partial charge in [0.25, 0.3) is 5.91 Å². The molecule has 5 nitrogen and oxygen atoms in total. The van der Waals surface area contributed by atoms with Crippen molar-refractivity contribution < 1.29 is 14.7 Å². The molecule has 1 aliphatic heterocycles. The summed E-state index contributed by atoms with van der Waals surface area (Å²) in [5.41, 5.74) is 7.92. The zero-order chi connectivity index (χ0) is 19.0. The van der Waals surface area contributed by atoms with E-state index in [2.05, 4.69) is 10.3 Å². The van der Waals surface area contributed by atoms with Gasteiger partial charge in [0.2, 0.25) is 0 Å². The van der Waals surface area contributed by atoms with Crippen molar-refractivity contribution in [3.05, 3.63) is 51.8 Å². The van der Waals surface area contributed by atoms with Crippen LogP contribution in [0.5, 0.6) is 0 Å². The van der Waals surface area contributed by atoms with Crippen molar-refractivity contribution >= 4 is 29.2 Å². The maximum atomic E-state index is 12.6. The zero-order valence-corrected chi connectivity index (χ0v) is 15.5. The molecule has 1 aliphatic carbocycles. The SMILES string of the molecule is Cc1cccc2c1C(=Cc1[nH]c3c(c1CCC(=O)O)CCCCC3)C(=O)N2. The summed E-state index contributed by atoms with van der Waals surface area (Å²) in [6, 6.07) is 5.85. The van der Waals surface area contributed by atoms with Crippen LogP contribution in [0.25, 0.3) is 11.6 Å². The molecule has 5 heteroatoms. The molecule has 0 radical (unpaired) electrons. The van der Waals surface area contributed by atoms with Crippen molar-refractivity contribution in [1.82, 2.24) is 4.98 Å². The van der Waals surface area contributed by atoms with Gasteiger partial charge in [0.1, 0.15) is 0 Å². The minimum absolute atomic E-state index is 0.0995. The second kappa shape index (κ2) is 7.06. The first kappa shape index (κ1) is 17.6. The first-order chi connectivity index (χ1) is 13.0. The average molecular weight is 364 g/mol. The summed E-state index contributed by atoms with van der Waals surface area (Å²) in [6.45, 7) is 2.00. The molecule has 2 aliphatic rings. The van der Waals surface area contributed by atoms with Crippen LogP contribution in [0.2, 0.25) is 0 Å². The Morgan fingerprint density at radius 3 is 2.85 bits per heavy atom. The molecule has 0 spiro atoms. The number of H-pyrrole nitrogens is 1. The van der Waals surface area contributed by atoms with Crippen molar-refractivity contribution in [1.29, 1.82) is 0 Å². The lowest BCUT2D eigenvalue weighted by molar-refractivity contribution is -0.137. The van der Waals surface area contributed by atoms with Crippen molar-refractivity contribution in [2.75, 3.05) is 5.32 Å². The van der Waals surface area contributed by atoms with Crippen LogP contribution in [0.4, 0.5) is 5.69 Å². The van der Waals surface area contributed by atoms with E-state index in [0.717, 1.165) is 53.8 Å². The summed E-state index contributed by atoms with van der Waals surface area (Å²) < 4.78 is 0. The van der Waals surface area contributed by atoms with E-state index < -0.39 is 5.97 Å². The Hall–Kier alpha value is -2.82. The number of aryl methyl sites for hydroxylation is 2. The number of fused-ring (bicyclic) bond motifs is 2. The maximum Gasteiger partial charge on any atom is 0.303 e. The highest BCUT2D eigenvalue weighted by Gasteiger charge is 2.27. The van der Waals surface area contributed by atoms with E-state index >= 15 is 0 Å². The van der Waals surface area contributed by atoms with E-state index in [4.69, 9.17) is 5.11 Å². The van der Waals surface area contributed by atoms with Gasteiger partial charge in [-0.1, -0.05) is 18.6 Å². The molecular weight excluding hydrogens is 340 g/mol. The van der Waals surface area contributed by atoms with Gasteiger partial charge in [-0.05, 0) is 67.9 Å². The fraction of sp³-hybridized carbons (Fsp3) is 0.364. The van der Waals surface area contributed by atoms with Gasteiger partial charge in [-0.3, -0.25) is 9.59 Å². The summed E-state index contributed by atoms with van der Waals surface area (Å²) in [6.07, 6.45) is 7.94. The normalized spacial score (nSPS) is 17.4. The van der Waals surface area contributed by atoms with Crippen LogP contribution in [-0.2, 0) is 28.9 Å². The Kier molecular flexibility index (Phi) is 4.60. The number of carboxylic acids is 1. The molecule has 0 bridgehead atoms. The Balaban J connectivity index is 1.81. The Morgan fingerprint density at radius 2 is 2.04 bits per heavy atom. The summed E-state index contributed by atoms with van der Waals surface area (Å²) in [5, 5.41) is 12.1. The molecule has 4 rings (SSSR count). The topological polar surface area (TPSA) is 82.2 Å². The zero-order valence-electron chi connectivity index (χ0n) is 15.5. The van der Waals surface area contributed by atoms with Gasteiger partial charge in [-0.25, -0.2) is 0 Å². The average Bonchev–Trinajstić information content (AvgIpc) is 3.01. The Labute approximate surface area is 158 Å². The fourth-order valence-corrected chi connectivity index (χ4v) is 4.31. The predicted molar refractivity (Wildman–Crippen MR) is 106 cm³/mol. The molecule has 140 valence electrons. The number of aromatic nitrogens is 1. The van der Waals surface area contributed by atoms with Crippen molar-refractivity contribution in [3.8, 4) is 0 Å². The van der Waals surface area contributed by atoms with E-state index in [-0.39, 0.29) is 12.3 Å². The molecule has 3 N–H and O–H groups in total. The smallest absolute Gasteiger partial charge is 0.303 e. The van der Waals surface area contributed by atoms with Gasteiger partial charge in [-0.15, -0.1) is 0 Å². The standard InChI is InChI=1S/C22H24N2O3/c1-13-6-5-9-18-21(13)16(22(27)24-18)12-19-15(10-11-20(25)26)14-7-3-2-4-8-17(14)23-19/h5-6,9,12,23H,2-4,7-8,10-11H2,1H3,(H,24,27)(H,25,26). The predicted octanol–water partition coefficient (Wildman–Crippen LogP) is 4.10. The number of carbonyl (C=O) groups is 2. The number of carbonyl (C=O) groups excluding carboxylic acids is 1. The first-order valence-electron chi connectivity index (χ1n) is 9.62. The second-order valence-electron chi connectivity index (χ2n) is 7.44. The highest BCUT2D eigenvalue weighted by atomic mass is 16.4. The summed E-state index contributed by atoms with van der Waals surface area (Å²) in [7, 11) is 0. The summed E-state index contributed by atoms with van der Waals surface area (Å²) >= 11 is 0. The molecule has 27 heavy (non-hydrogen) atoms. The van der Waals surface area contributed by atoms with E-state index in [0.29, 0.717) is 12.0 Å². The van der Waals surface area contributed by atoms with Crippen LogP contribution in [0, 0.1) is 6.92 Å². The van der Waals surface area contributed by atoms with Crippen LogP contribution in [0.3, 0.4) is 0 Å². The molecule has 1 amide bonds. The molecule has 2 heterocycles. The number of anilines is 1. The van der Waals surface area contributed by atoms with Crippen LogP contribution < -0.4 is 5.32 Å². The van der Waals surface area contributed by atoms with E-state index in [1.165, 1.54) is 17.7 Å². The summed E-state index contributed by atoms with van der Waals surface area (Å²) in [5.74, 6) is -0.898. The lowest BCUT2D eigenvalue weighted by Crippen LogP contribution is -2.04. The van der Waals surface area contributed by atoms with Gasteiger partial charge in [-0.2, -0.15) is 0 Å². The molecule has 0 fully saturated rings. The van der Waals surface area contributed by atoms with Gasteiger partial charge in [0.05, 0.1) is 5.57 Å². The molecule has 0 saturated heterocycles. The number of amides is 1. The van der Waals surface area contributed by atoms with Gasteiger partial charge in [0.15, 0.2) is 0 Å². The molecule has 0 saturated carbocycles. The Bertz CT molecular complexity index is 953. The molecule has 1 aromatic heterocycles. The van der Waals surface area contributed by atoms with Gasteiger partial charge in [0, 0.05) is 29.1 Å². The third-order valence-corrected chi connectivity index (χ3v) is 5.61. The first-order valence-corrected chi connectivity index (χ1v) is 9.62. The number of hydrogen-bond acceptors (Lipinski definition) is 2. The van der Waals surface area contributed by atoms with Crippen LogP contribution >= 0.6 is 0 Å². The van der Waals surface area contributed by atoms with Crippen LogP contribution in [0.15, 0.2) is 18.2 Å². The fourth-order valence-electron chi connectivity index (χ4n) is 4.31. The van der Waals surface area contributed by atoms with Crippen LogP contribution in [0.1, 0.15) is 59.3 Å². The maximum absolute atomic E-state index is 12.6. The van der Waals surface area contributed by atoms with Gasteiger partial charge >= 0.3 is 5.97 Å². The molecule has 1 aromatic carbocycles. The number of rotatable bonds is 4. The number of benzene rings is 1. The number of aliphatic carboxylic acids is 1. The molecule has 0 unspecified atom stereocenters. The third kappa shape index (κ3) is 3.29. The molecular formula is C22H24N2O3. The number of nitrogens with one attached hydrogen (secondary N) is 2. The van der Waals surface area contributed by atoms with Crippen LogP contribution in [-0.4, -0.2) is 22.0 Å². The Morgan fingerprint density at radius 1 is 1.22 bits per heavy atom. The number of hydrogen-bond donors (Lipinski definition) is 3. The minimum atomic E-state index is -0.794. The minimum Gasteiger partial charge on any atom is -0.481 e. The summed E-state index contributed by atoms with van der Waals surface area (Å²) in [4.78, 5) is 27.2. The van der Waals surface area contributed by atoms with E-state index in [1.54, 1.807) is 0 Å². The lowest BCUT2D eigenvalue weighted by Gasteiger charge is -2.06. The highest BCUT2D eigenvalue weighted by molar-refractivity contribution is 6.35. The van der Waals surface area contributed by atoms with Crippen molar-refractivity contribution in [2.24, 2.45) is 0 Å². The lowest BCUT2D eigenvalue weighted by atomic mass is 9.97. The third-order valence-electron chi connectivity index (χ3n) is 5.61. The molecule has 2 aromatic rings. The monoisotopic (exact) mass is 364 g/mol. The van der Waals surface area contributed by atoms with E-state index in [1.807, 2.05) is 31.2 Å². The number of aromatic amines is 1.